The van der Waals surface area contributed by atoms with E-state index in [0.29, 0.717) is 12.8 Å². The molecule has 5 heteroatoms. The van der Waals surface area contributed by atoms with E-state index in [9.17, 15) is 15.0 Å². The van der Waals surface area contributed by atoms with Crippen LogP contribution in [0.5, 0.6) is 0 Å². The summed E-state index contributed by atoms with van der Waals surface area (Å²) in [6.07, 6.45) is 36.3. The van der Waals surface area contributed by atoms with Gasteiger partial charge in [0, 0.05) is 12.8 Å². The van der Waals surface area contributed by atoms with Crippen LogP contribution in [0.15, 0.2) is 0 Å². The molecule has 0 fully saturated rings. The average molecular weight is 599 g/mol. The average Bonchev–Trinajstić information content (AvgIpc) is 2.97. The number of ether oxygens (including phenoxy) is 2. The second-order valence-corrected chi connectivity index (χ2v) is 12.9. The topological polar surface area (TPSA) is 76.0 Å². The van der Waals surface area contributed by atoms with Crippen molar-refractivity contribution in [1.82, 2.24) is 0 Å². The van der Waals surface area contributed by atoms with Crippen molar-refractivity contribution in [3.8, 4) is 0 Å². The molecule has 0 aromatic rings. The minimum atomic E-state index is -1.16. The maximum atomic E-state index is 11.8. The monoisotopic (exact) mass is 599 g/mol. The Labute approximate surface area is 262 Å². The van der Waals surface area contributed by atoms with Crippen LogP contribution >= 0.6 is 0 Å². The molecule has 0 saturated heterocycles. The number of hydrogen-bond acceptors (Lipinski definition) is 5. The van der Waals surface area contributed by atoms with Gasteiger partial charge in [-0.25, -0.2) is 4.79 Å². The largest absolute Gasteiger partial charge is 0.512 e. The Morgan fingerprint density at radius 2 is 0.571 bits per heavy atom. The van der Waals surface area contributed by atoms with Gasteiger partial charge in [-0.3, -0.25) is 0 Å². The molecule has 0 amide bonds. The molecule has 0 spiro atoms. The van der Waals surface area contributed by atoms with Crippen molar-refractivity contribution in [1.29, 1.82) is 0 Å². The predicted molar refractivity (Wildman–Crippen MR) is 179 cm³/mol. The summed E-state index contributed by atoms with van der Waals surface area (Å²) in [4.78, 5) is 11.8. The number of rotatable bonds is 34. The molecule has 0 aliphatic carbocycles. The molecule has 0 heterocycles. The van der Waals surface area contributed by atoms with Crippen molar-refractivity contribution in [3.05, 3.63) is 0 Å². The van der Waals surface area contributed by atoms with Gasteiger partial charge < -0.3 is 19.7 Å². The van der Waals surface area contributed by atoms with E-state index in [1.54, 1.807) is 0 Å². The number of aliphatic hydroxyl groups is 2. The van der Waals surface area contributed by atoms with Crippen LogP contribution < -0.4 is 0 Å². The highest BCUT2D eigenvalue weighted by Crippen LogP contribution is 2.16. The van der Waals surface area contributed by atoms with E-state index in [4.69, 9.17) is 9.47 Å². The second kappa shape index (κ2) is 34.7. The minimum absolute atomic E-state index is 0.419. The lowest BCUT2D eigenvalue weighted by molar-refractivity contribution is -0.129. The smallest absolute Gasteiger partial charge is 0.405 e. The van der Waals surface area contributed by atoms with E-state index in [1.807, 2.05) is 0 Å². The van der Waals surface area contributed by atoms with Crippen molar-refractivity contribution < 1.29 is 24.5 Å². The lowest BCUT2D eigenvalue weighted by Crippen LogP contribution is -2.23. The summed E-state index contributed by atoms with van der Waals surface area (Å²) >= 11 is 0. The molecule has 0 aromatic heterocycles. The summed E-state index contributed by atoms with van der Waals surface area (Å²) in [5.74, 6) is 0. The van der Waals surface area contributed by atoms with E-state index in [1.165, 1.54) is 154 Å². The van der Waals surface area contributed by atoms with Crippen molar-refractivity contribution >= 4 is 6.16 Å². The highest BCUT2D eigenvalue weighted by molar-refractivity contribution is 5.60. The number of carbonyl (C=O) groups is 1. The first kappa shape index (κ1) is 41.2. The SMILES string of the molecule is CCCCCCCCCCCCCCCCCC(O)OC(=O)OC(O)CCCCCCCCCCCCCCCCC. The second-order valence-electron chi connectivity index (χ2n) is 12.9. The normalized spacial score (nSPS) is 12.9. The third-order valence-electron chi connectivity index (χ3n) is 8.57. The molecule has 2 atom stereocenters. The fraction of sp³-hybridized carbons (Fsp3) is 0.973. The summed E-state index contributed by atoms with van der Waals surface area (Å²) in [5, 5.41) is 19.9. The van der Waals surface area contributed by atoms with E-state index < -0.39 is 18.7 Å². The first-order chi connectivity index (χ1) is 20.6. The van der Waals surface area contributed by atoms with E-state index in [0.717, 1.165) is 38.5 Å². The van der Waals surface area contributed by atoms with Crippen LogP contribution in [0.2, 0.25) is 0 Å². The van der Waals surface area contributed by atoms with Crippen LogP contribution in [0.25, 0.3) is 0 Å². The molecular weight excluding hydrogens is 524 g/mol. The molecule has 0 saturated carbocycles. The number of unbranched alkanes of at least 4 members (excludes halogenated alkanes) is 28. The Hall–Kier alpha value is -0.810. The van der Waals surface area contributed by atoms with Crippen LogP contribution in [-0.2, 0) is 9.47 Å². The van der Waals surface area contributed by atoms with Crippen LogP contribution in [0.3, 0.4) is 0 Å². The molecule has 252 valence electrons. The molecule has 0 aliphatic rings. The number of carbonyl (C=O) groups excluding carboxylic acids is 1. The molecule has 0 aromatic carbocycles. The summed E-state index contributed by atoms with van der Waals surface area (Å²) < 4.78 is 9.81. The Kier molecular flexibility index (Phi) is 34.0. The molecule has 2 unspecified atom stereocenters. The molecule has 5 nitrogen and oxygen atoms in total. The molecular formula is C37H74O5. The van der Waals surface area contributed by atoms with Crippen molar-refractivity contribution in [2.75, 3.05) is 0 Å². The Morgan fingerprint density at radius 3 is 0.786 bits per heavy atom. The fourth-order valence-corrected chi connectivity index (χ4v) is 5.75. The van der Waals surface area contributed by atoms with Crippen LogP contribution in [-0.4, -0.2) is 28.9 Å². The maximum absolute atomic E-state index is 11.8. The van der Waals surface area contributed by atoms with E-state index in [2.05, 4.69) is 13.8 Å². The molecule has 0 bridgehead atoms. The van der Waals surface area contributed by atoms with Gasteiger partial charge in [-0.2, -0.15) is 0 Å². The number of hydrogen-bond donors (Lipinski definition) is 2. The summed E-state index contributed by atoms with van der Waals surface area (Å²) in [6.45, 7) is 4.54. The molecule has 0 aliphatic heterocycles. The summed E-state index contributed by atoms with van der Waals surface area (Å²) in [6, 6.07) is 0. The zero-order valence-electron chi connectivity index (χ0n) is 28.4. The van der Waals surface area contributed by atoms with Gasteiger partial charge in [-0.1, -0.05) is 194 Å². The van der Waals surface area contributed by atoms with Gasteiger partial charge in [0.2, 0.25) is 12.6 Å². The van der Waals surface area contributed by atoms with Crippen LogP contribution in [0, 0.1) is 0 Å². The third kappa shape index (κ3) is 33.7. The molecule has 42 heavy (non-hydrogen) atoms. The first-order valence-electron chi connectivity index (χ1n) is 18.8. The minimum Gasteiger partial charge on any atom is -0.405 e. The van der Waals surface area contributed by atoms with Crippen molar-refractivity contribution in [3.63, 3.8) is 0 Å². The summed E-state index contributed by atoms with van der Waals surface area (Å²) in [5.41, 5.74) is 0. The lowest BCUT2D eigenvalue weighted by Gasteiger charge is -2.15. The van der Waals surface area contributed by atoms with Gasteiger partial charge in [-0.15, -0.1) is 0 Å². The third-order valence-corrected chi connectivity index (χ3v) is 8.57. The quantitative estimate of drug-likeness (QED) is 0.0438. The van der Waals surface area contributed by atoms with E-state index in [-0.39, 0.29) is 0 Å². The van der Waals surface area contributed by atoms with Gasteiger partial charge in [0.25, 0.3) is 0 Å². The molecule has 2 N–H and O–H groups in total. The Balaban J connectivity index is 3.38. The highest BCUT2D eigenvalue weighted by atomic mass is 16.8. The van der Waals surface area contributed by atoms with Crippen molar-refractivity contribution in [2.24, 2.45) is 0 Å². The zero-order valence-corrected chi connectivity index (χ0v) is 28.4. The van der Waals surface area contributed by atoms with Crippen LogP contribution in [0.1, 0.15) is 219 Å². The standard InChI is InChI=1S/C37H74O5/c1-3-5-7-9-11-13-15-17-19-21-23-25-27-29-31-33-35(38)41-37(40)42-36(39)34-32-30-28-26-24-22-20-18-16-14-12-10-8-6-4-2/h35-36,38-39H,3-34H2,1-2H3. The fourth-order valence-electron chi connectivity index (χ4n) is 5.75. The maximum Gasteiger partial charge on any atom is 0.512 e. The van der Waals surface area contributed by atoms with E-state index >= 15 is 0 Å². The molecule has 0 rings (SSSR count). The summed E-state index contributed by atoms with van der Waals surface area (Å²) in [7, 11) is 0. The van der Waals surface area contributed by atoms with Gasteiger partial charge >= 0.3 is 6.16 Å². The van der Waals surface area contributed by atoms with Gasteiger partial charge in [0.1, 0.15) is 0 Å². The highest BCUT2D eigenvalue weighted by Gasteiger charge is 2.16. The van der Waals surface area contributed by atoms with Gasteiger partial charge in [-0.05, 0) is 12.8 Å². The Morgan fingerprint density at radius 1 is 0.381 bits per heavy atom. The van der Waals surface area contributed by atoms with Crippen molar-refractivity contribution in [2.45, 2.75) is 232 Å². The first-order valence-corrected chi connectivity index (χ1v) is 18.8. The number of aliphatic hydroxyl groups excluding tert-OH is 2. The predicted octanol–water partition coefficient (Wildman–Crippen LogP) is 12.3. The van der Waals surface area contributed by atoms with Crippen LogP contribution in [0.4, 0.5) is 4.79 Å². The lowest BCUT2D eigenvalue weighted by atomic mass is 10.0. The van der Waals surface area contributed by atoms with Gasteiger partial charge in [0.05, 0.1) is 0 Å². The van der Waals surface area contributed by atoms with Gasteiger partial charge in [0.15, 0.2) is 0 Å². The Bertz CT molecular complexity index is 482. The molecule has 0 radical (unpaired) electrons. The zero-order chi connectivity index (χ0) is 30.8.